The molecule has 0 saturated heterocycles. The van der Waals surface area contributed by atoms with E-state index >= 15 is 0 Å². The van der Waals surface area contributed by atoms with Crippen molar-refractivity contribution in [3.05, 3.63) is 108 Å². The number of benzene rings is 3. The van der Waals surface area contributed by atoms with Crippen molar-refractivity contribution in [3.8, 4) is 5.75 Å². The van der Waals surface area contributed by atoms with Gasteiger partial charge in [0.15, 0.2) is 5.60 Å². The van der Waals surface area contributed by atoms with Crippen LogP contribution in [0.15, 0.2) is 97.1 Å². The van der Waals surface area contributed by atoms with E-state index in [9.17, 15) is 0 Å². The highest BCUT2D eigenvalue weighted by Gasteiger charge is 2.33. The van der Waals surface area contributed by atoms with Crippen LogP contribution in [0.4, 0.5) is 0 Å². The SMILES string of the molecule is CCN(CC)CC(C=Cc1ccccc1)(Oc1ccccc1)c1ccccc1. The standard InChI is InChI=1S/C26H29NO/c1-3-27(4-2)22-26(24-16-10-6-11-17-24,28-25-18-12-7-13-19-25)21-20-23-14-8-5-9-15-23/h5-21H,3-4,22H2,1-2H3. The first-order valence-corrected chi connectivity index (χ1v) is 10.0. The molecule has 0 saturated carbocycles. The van der Waals surface area contributed by atoms with Gasteiger partial charge in [-0.15, -0.1) is 0 Å². The van der Waals surface area contributed by atoms with Gasteiger partial charge in [-0.05, 0) is 36.9 Å². The Bertz CT molecular complexity index is 841. The molecule has 0 heterocycles. The molecule has 2 nitrogen and oxygen atoms in total. The number of ether oxygens (including phenoxy) is 1. The van der Waals surface area contributed by atoms with Crippen molar-refractivity contribution in [3.63, 3.8) is 0 Å². The summed E-state index contributed by atoms with van der Waals surface area (Å²) in [5.74, 6) is 0.872. The lowest BCUT2D eigenvalue weighted by atomic mass is 9.91. The van der Waals surface area contributed by atoms with Gasteiger partial charge in [-0.2, -0.15) is 0 Å². The quantitative estimate of drug-likeness (QED) is 0.456. The van der Waals surface area contributed by atoms with Crippen LogP contribution in [0.3, 0.4) is 0 Å². The third kappa shape index (κ3) is 5.11. The molecular weight excluding hydrogens is 342 g/mol. The summed E-state index contributed by atoms with van der Waals surface area (Å²) in [4.78, 5) is 2.41. The molecule has 0 aliphatic heterocycles. The van der Waals surface area contributed by atoms with Gasteiger partial charge in [-0.3, -0.25) is 4.90 Å². The van der Waals surface area contributed by atoms with Crippen molar-refractivity contribution >= 4 is 6.08 Å². The first kappa shape index (κ1) is 19.9. The zero-order chi connectivity index (χ0) is 19.7. The number of hydrogen-bond acceptors (Lipinski definition) is 2. The van der Waals surface area contributed by atoms with E-state index in [-0.39, 0.29) is 0 Å². The van der Waals surface area contributed by atoms with Crippen LogP contribution in [-0.2, 0) is 5.60 Å². The monoisotopic (exact) mass is 371 g/mol. The highest BCUT2D eigenvalue weighted by molar-refractivity contribution is 5.52. The van der Waals surface area contributed by atoms with Crippen LogP contribution in [-0.4, -0.2) is 24.5 Å². The lowest BCUT2D eigenvalue weighted by Gasteiger charge is -2.36. The van der Waals surface area contributed by atoms with Crippen molar-refractivity contribution in [1.29, 1.82) is 0 Å². The van der Waals surface area contributed by atoms with E-state index in [2.05, 4.69) is 85.5 Å². The van der Waals surface area contributed by atoms with E-state index in [0.29, 0.717) is 0 Å². The van der Waals surface area contributed by atoms with Gasteiger partial charge >= 0.3 is 0 Å². The van der Waals surface area contributed by atoms with E-state index < -0.39 is 5.60 Å². The van der Waals surface area contributed by atoms with E-state index in [1.165, 1.54) is 5.56 Å². The van der Waals surface area contributed by atoms with Crippen molar-refractivity contribution < 1.29 is 4.74 Å². The number of para-hydroxylation sites is 1. The molecule has 1 unspecified atom stereocenters. The second-order valence-electron chi connectivity index (χ2n) is 6.88. The van der Waals surface area contributed by atoms with E-state index in [1.54, 1.807) is 0 Å². The van der Waals surface area contributed by atoms with E-state index in [1.807, 2.05) is 36.4 Å². The average Bonchev–Trinajstić information content (AvgIpc) is 2.77. The molecule has 3 aromatic rings. The molecule has 3 rings (SSSR count). The number of hydrogen-bond donors (Lipinski definition) is 0. The fourth-order valence-corrected chi connectivity index (χ4v) is 3.36. The number of likely N-dealkylation sites (N-methyl/N-ethyl adjacent to an activating group) is 1. The minimum Gasteiger partial charge on any atom is -0.477 e. The van der Waals surface area contributed by atoms with Crippen molar-refractivity contribution in [1.82, 2.24) is 4.90 Å². The predicted molar refractivity (Wildman–Crippen MR) is 118 cm³/mol. The zero-order valence-corrected chi connectivity index (χ0v) is 16.8. The van der Waals surface area contributed by atoms with Crippen LogP contribution in [0.5, 0.6) is 5.75 Å². The lowest BCUT2D eigenvalue weighted by Crippen LogP contribution is -2.44. The normalized spacial score (nSPS) is 13.5. The average molecular weight is 372 g/mol. The Morgan fingerprint density at radius 2 is 1.29 bits per heavy atom. The van der Waals surface area contributed by atoms with Gasteiger partial charge in [-0.1, -0.05) is 98.8 Å². The Labute approximate surface area is 169 Å². The fraction of sp³-hybridized carbons (Fsp3) is 0.231. The molecule has 0 bridgehead atoms. The summed E-state index contributed by atoms with van der Waals surface area (Å²) in [6.07, 6.45) is 4.38. The summed E-state index contributed by atoms with van der Waals surface area (Å²) in [5, 5.41) is 0. The van der Waals surface area contributed by atoms with Gasteiger partial charge < -0.3 is 4.74 Å². The fourth-order valence-electron chi connectivity index (χ4n) is 3.36. The lowest BCUT2D eigenvalue weighted by molar-refractivity contribution is 0.0710. The largest absolute Gasteiger partial charge is 0.477 e. The first-order valence-electron chi connectivity index (χ1n) is 10.0. The van der Waals surface area contributed by atoms with E-state index in [4.69, 9.17) is 4.74 Å². The Hall–Kier alpha value is -2.84. The van der Waals surface area contributed by atoms with Crippen molar-refractivity contribution in [2.24, 2.45) is 0 Å². The van der Waals surface area contributed by atoms with Crippen LogP contribution >= 0.6 is 0 Å². The summed E-state index contributed by atoms with van der Waals surface area (Å²) in [7, 11) is 0. The molecule has 0 amide bonds. The maximum atomic E-state index is 6.72. The maximum Gasteiger partial charge on any atom is 0.165 e. The maximum absolute atomic E-state index is 6.72. The van der Waals surface area contributed by atoms with Gasteiger partial charge in [-0.25, -0.2) is 0 Å². The summed E-state index contributed by atoms with van der Waals surface area (Å²) in [5.41, 5.74) is 1.74. The molecule has 0 aliphatic rings. The van der Waals surface area contributed by atoms with Crippen LogP contribution in [0.25, 0.3) is 6.08 Å². The molecular formula is C26H29NO. The van der Waals surface area contributed by atoms with Crippen molar-refractivity contribution in [2.45, 2.75) is 19.4 Å². The molecule has 0 radical (unpaired) electrons. The summed E-state index contributed by atoms with van der Waals surface area (Å²) in [6, 6.07) is 31.0. The zero-order valence-electron chi connectivity index (χ0n) is 16.8. The molecule has 0 aliphatic carbocycles. The highest BCUT2D eigenvalue weighted by Crippen LogP contribution is 2.32. The molecule has 2 heteroatoms. The minimum atomic E-state index is -0.579. The van der Waals surface area contributed by atoms with E-state index in [0.717, 1.165) is 30.9 Å². The molecule has 3 aromatic carbocycles. The van der Waals surface area contributed by atoms with Gasteiger partial charge in [0.1, 0.15) is 5.75 Å². The second-order valence-corrected chi connectivity index (χ2v) is 6.88. The van der Waals surface area contributed by atoms with Crippen LogP contribution in [0.1, 0.15) is 25.0 Å². The smallest absolute Gasteiger partial charge is 0.165 e. The Kier molecular flexibility index (Phi) is 7.05. The molecule has 0 N–H and O–H groups in total. The van der Waals surface area contributed by atoms with Gasteiger partial charge in [0.2, 0.25) is 0 Å². The second kappa shape index (κ2) is 9.91. The molecule has 0 spiro atoms. The third-order valence-electron chi connectivity index (χ3n) is 5.00. The van der Waals surface area contributed by atoms with Gasteiger partial charge in [0, 0.05) is 12.1 Å². The number of rotatable bonds is 9. The summed E-state index contributed by atoms with van der Waals surface area (Å²) >= 11 is 0. The van der Waals surface area contributed by atoms with Gasteiger partial charge in [0.25, 0.3) is 0 Å². The third-order valence-corrected chi connectivity index (χ3v) is 5.00. The topological polar surface area (TPSA) is 12.5 Å². The van der Waals surface area contributed by atoms with Crippen LogP contribution in [0, 0.1) is 0 Å². The van der Waals surface area contributed by atoms with Gasteiger partial charge in [0.05, 0.1) is 0 Å². The Morgan fingerprint density at radius 1 is 0.750 bits per heavy atom. The predicted octanol–water partition coefficient (Wildman–Crippen LogP) is 6.02. The van der Waals surface area contributed by atoms with Crippen molar-refractivity contribution in [2.75, 3.05) is 19.6 Å². The summed E-state index contributed by atoms with van der Waals surface area (Å²) in [6.45, 7) is 7.12. The Morgan fingerprint density at radius 3 is 1.86 bits per heavy atom. The first-order chi connectivity index (χ1) is 13.8. The van der Waals surface area contributed by atoms with Crippen LogP contribution < -0.4 is 4.74 Å². The molecule has 1 atom stereocenters. The molecule has 0 fully saturated rings. The molecule has 28 heavy (non-hydrogen) atoms. The minimum absolute atomic E-state index is 0.579. The number of nitrogens with zero attached hydrogens (tertiary/aromatic N) is 1. The molecule has 144 valence electrons. The van der Waals surface area contributed by atoms with Crippen LogP contribution in [0.2, 0.25) is 0 Å². The highest BCUT2D eigenvalue weighted by atomic mass is 16.5. The summed E-state index contributed by atoms with van der Waals surface area (Å²) < 4.78 is 6.72. The Balaban J connectivity index is 2.08. The molecule has 0 aromatic heterocycles.